The zero-order chi connectivity index (χ0) is 17.7. The van der Waals surface area contributed by atoms with Crippen LogP contribution in [0.2, 0.25) is 0 Å². The number of nitrogen functional groups attached to an aromatic ring is 1. The van der Waals surface area contributed by atoms with Crippen molar-refractivity contribution in [3.63, 3.8) is 0 Å². The zero-order valence-corrected chi connectivity index (χ0v) is 13.7. The normalized spacial score (nSPS) is 16.9. The van der Waals surface area contributed by atoms with Crippen LogP contribution in [0, 0.1) is 5.92 Å². The second-order valence-corrected chi connectivity index (χ2v) is 5.92. The smallest absolute Gasteiger partial charge is 0.407 e. The minimum absolute atomic E-state index is 0.110. The van der Waals surface area contributed by atoms with E-state index in [1.807, 2.05) is 6.92 Å². The first-order chi connectivity index (χ1) is 11.4. The van der Waals surface area contributed by atoms with Gasteiger partial charge < -0.3 is 31.5 Å². The van der Waals surface area contributed by atoms with E-state index >= 15 is 0 Å². The predicted molar refractivity (Wildman–Crippen MR) is 91.4 cm³/mol. The maximum atomic E-state index is 11.4. The highest BCUT2D eigenvalue weighted by Crippen LogP contribution is 2.33. The molecule has 1 aromatic carbocycles. The van der Waals surface area contributed by atoms with Gasteiger partial charge in [0, 0.05) is 31.1 Å². The molecule has 1 aliphatic heterocycles. The molecule has 8 nitrogen and oxygen atoms in total. The van der Waals surface area contributed by atoms with Crippen LogP contribution >= 0.6 is 0 Å². The van der Waals surface area contributed by atoms with Crippen LogP contribution in [0.4, 0.5) is 16.2 Å². The van der Waals surface area contributed by atoms with Gasteiger partial charge in [0.1, 0.15) is 11.4 Å². The largest absolute Gasteiger partial charge is 0.491 e. The average Bonchev–Trinajstić information content (AvgIpc) is 3.00. The number of carbonyl (C=O) groups excluding carboxylic acids is 1. The van der Waals surface area contributed by atoms with E-state index in [9.17, 15) is 9.59 Å². The van der Waals surface area contributed by atoms with Gasteiger partial charge in [-0.2, -0.15) is 0 Å². The Morgan fingerprint density at radius 1 is 1.46 bits per heavy atom. The molecule has 2 rings (SSSR count). The van der Waals surface area contributed by atoms with Crippen molar-refractivity contribution in [1.29, 1.82) is 0 Å². The summed E-state index contributed by atoms with van der Waals surface area (Å²) in [4.78, 5) is 23.8. The number of nitrogens with zero attached hydrogens (tertiary/aromatic N) is 1. The number of amides is 2. The van der Waals surface area contributed by atoms with Crippen molar-refractivity contribution in [2.24, 2.45) is 11.7 Å². The predicted octanol–water partition coefficient (Wildman–Crippen LogP) is 1.57. The second-order valence-electron chi connectivity index (χ2n) is 5.92. The number of likely N-dealkylation sites (tertiary alicyclic amines) is 1. The van der Waals surface area contributed by atoms with Gasteiger partial charge in [0.25, 0.3) is 0 Å². The molecule has 2 amide bonds. The molecule has 24 heavy (non-hydrogen) atoms. The summed E-state index contributed by atoms with van der Waals surface area (Å²) < 4.78 is 5.85. The summed E-state index contributed by atoms with van der Waals surface area (Å²) >= 11 is 0. The molecule has 8 heteroatoms. The van der Waals surface area contributed by atoms with Crippen molar-refractivity contribution in [2.45, 2.75) is 19.8 Å². The van der Waals surface area contributed by atoms with Crippen molar-refractivity contribution in [3.8, 4) is 5.75 Å². The molecular weight excluding hydrogens is 312 g/mol. The van der Waals surface area contributed by atoms with Crippen LogP contribution in [0.1, 0.15) is 30.1 Å². The lowest BCUT2D eigenvalue weighted by atomic mass is 10.1. The van der Waals surface area contributed by atoms with Crippen LogP contribution in [0.5, 0.6) is 5.75 Å². The van der Waals surface area contributed by atoms with Gasteiger partial charge in [0.2, 0.25) is 5.91 Å². The molecule has 0 radical (unpaired) electrons. The Balaban J connectivity index is 2.11. The summed E-state index contributed by atoms with van der Waals surface area (Å²) in [5.74, 6) is -0.00359. The first kappa shape index (κ1) is 17.7. The number of rotatable bonds is 7. The fraction of sp³-hybridized carbons (Fsp3) is 0.500. The van der Waals surface area contributed by atoms with Gasteiger partial charge in [-0.15, -0.1) is 0 Å². The van der Waals surface area contributed by atoms with E-state index < -0.39 is 12.0 Å². The minimum atomic E-state index is -0.914. The fourth-order valence-electron chi connectivity index (χ4n) is 2.68. The van der Waals surface area contributed by atoms with E-state index in [2.05, 4.69) is 5.32 Å². The number of benzene rings is 1. The van der Waals surface area contributed by atoms with E-state index in [4.69, 9.17) is 21.3 Å². The number of primary amides is 1. The highest BCUT2D eigenvalue weighted by molar-refractivity contribution is 5.96. The number of nitrogens with two attached hydrogens (primary N) is 2. The van der Waals surface area contributed by atoms with E-state index in [-0.39, 0.29) is 11.5 Å². The van der Waals surface area contributed by atoms with Gasteiger partial charge in [-0.25, -0.2) is 4.79 Å². The first-order valence-corrected chi connectivity index (χ1v) is 8.00. The van der Waals surface area contributed by atoms with Gasteiger partial charge in [0.15, 0.2) is 0 Å². The summed E-state index contributed by atoms with van der Waals surface area (Å²) in [6, 6.07) is 3.09. The number of nitrogens with one attached hydrogen (secondary N) is 1. The standard InChI is InChI=1S/C16H24N4O4/c1-2-4-19-14-12(17)6-11(15(18)21)7-13(14)24-9-10-3-5-20(8-10)16(22)23/h6-7,10,19H,2-5,8-9,17H2,1H3,(H2,18,21)(H,22,23). The third kappa shape index (κ3) is 4.21. The number of anilines is 2. The molecule has 1 atom stereocenters. The van der Waals surface area contributed by atoms with E-state index in [0.717, 1.165) is 12.8 Å². The highest BCUT2D eigenvalue weighted by Gasteiger charge is 2.26. The molecule has 6 N–H and O–H groups in total. The van der Waals surface area contributed by atoms with Crippen molar-refractivity contribution >= 4 is 23.4 Å². The number of hydrogen-bond acceptors (Lipinski definition) is 5. The Bertz CT molecular complexity index is 620. The second kappa shape index (κ2) is 7.76. The Morgan fingerprint density at radius 2 is 2.21 bits per heavy atom. The van der Waals surface area contributed by atoms with Crippen molar-refractivity contribution in [1.82, 2.24) is 4.90 Å². The van der Waals surface area contributed by atoms with Gasteiger partial charge >= 0.3 is 6.09 Å². The third-order valence-electron chi connectivity index (χ3n) is 4.00. The van der Waals surface area contributed by atoms with E-state index in [1.165, 1.54) is 11.0 Å². The van der Waals surface area contributed by atoms with Gasteiger partial charge in [-0.05, 0) is 25.0 Å². The Kier molecular flexibility index (Phi) is 5.73. The monoisotopic (exact) mass is 336 g/mol. The van der Waals surface area contributed by atoms with Gasteiger partial charge in [-0.1, -0.05) is 6.92 Å². The maximum Gasteiger partial charge on any atom is 0.407 e. The van der Waals surface area contributed by atoms with Gasteiger partial charge in [-0.3, -0.25) is 4.79 Å². The lowest BCUT2D eigenvalue weighted by molar-refractivity contribution is 0.0999. The van der Waals surface area contributed by atoms with Crippen LogP contribution in [-0.4, -0.2) is 48.2 Å². The average molecular weight is 336 g/mol. The summed E-state index contributed by atoms with van der Waals surface area (Å²) in [5, 5.41) is 12.2. The lowest BCUT2D eigenvalue weighted by Crippen LogP contribution is -2.27. The fourth-order valence-corrected chi connectivity index (χ4v) is 2.68. The molecule has 1 aromatic rings. The van der Waals surface area contributed by atoms with E-state index in [1.54, 1.807) is 6.07 Å². The molecule has 1 unspecified atom stereocenters. The quantitative estimate of drug-likeness (QED) is 0.559. The summed E-state index contributed by atoms with van der Waals surface area (Å²) in [5.41, 5.74) is 12.7. The molecule has 0 aromatic heterocycles. The number of carboxylic acid groups (broad SMARTS) is 1. The third-order valence-corrected chi connectivity index (χ3v) is 4.00. The summed E-state index contributed by atoms with van der Waals surface area (Å²) in [6.45, 7) is 4.05. The Labute approximate surface area is 140 Å². The zero-order valence-electron chi connectivity index (χ0n) is 13.7. The van der Waals surface area contributed by atoms with Crippen LogP contribution in [0.25, 0.3) is 0 Å². The van der Waals surface area contributed by atoms with Crippen LogP contribution < -0.4 is 21.5 Å². The summed E-state index contributed by atoms with van der Waals surface area (Å²) in [6.07, 6.45) is 0.740. The van der Waals surface area contributed by atoms with Crippen molar-refractivity contribution in [2.75, 3.05) is 37.3 Å². The Morgan fingerprint density at radius 3 is 2.79 bits per heavy atom. The molecular formula is C16H24N4O4. The first-order valence-electron chi connectivity index (χ1n) is 8.00. The van der Waals surface area contributed by atoms with Crippen LogP contribution in [0.15, 0.2) is 12.1 Å². The number of carbonyl (C=O) groups is 2. The molecule has 132 valence electrons. The summed E-state index contributed by atoms with van der Waals surface area (Å²) in [7, 11) is 0. The molecule has 0 aliphatic carbocycles. The minimum Gasteiger partial charge on any atom is -0.491 e. The van der Waals surface area contributed by atoms with Crippen LogP contribution in [-0.2, 0) is 0 Å². The maximum absolute atomic E-state index is 11.4. The molecule has 0 bridgehead atoms. The lowest BCUT2D eigenvalue weighted by Gasteiger charge is -2.18. The highest BCUT2D eigenvalue weighted by atomic mass is 16.5. The van der Waals surface area contributed by atoms with Crippen molar-refractivity contribution in [3.05, 3.63) is 17.7 Å². The molecule has 0 saturated carbocycles. The molecule has 0 spiro atoms. The van der Waals surface area contributed by atoms with E-state index in [0.29, 0.717) is 43.4 Å². The van der Waals surface area contributed by atoms with Gasteiger partial charge in [0.05, 0.1) is 12.3 Å². The molecule has 1 aliphatic rings. The SMILES string of the molecule is CCCNc1c(N)cc(C(N)=O)cc1OCC1CCN(C(=O)O)C1. The molecule has 1 saturated heterocycles. The molecule has 1 fully saturated rings. The molecule has 1 heterocycles. The number of hydrogen-bond donors (Lipinski definition) is 4. The topological polar surface area (TPSA) is 131 Å². The van der Waals surface area contributed by atoms with Crippen molar-refractivity contribution < 1.29 is 19.4 Å². The number of ether oxygens (including phenoxy) is 1. The van der Waals surface area contributed by atoms with Crippen LogP contribution in [0.3, 0.4) is 0 Å². The Hall–Kier alpha value is -2.64.